The molecule has 6 N–H and O–H groups in total. The summed E-state index contributed by atoms with van der Waals surface area (Å²) in [4.78, 5) is 151. The number of rotatable bonds is 44. The maximum Gasteiger partial charge on any atom is 0.326 e. The van der Waals surface area contributed by atoms with Gasteiger partial charge in [0.15, 0.2) is 0 Å². The van der Waals surface area contributed by atoms with Gasteiger partial charge in [0.2, 0.25) is 65.7 Å². The third-order valence-corrected chi connectivity index (χ3v) is 37.3. The Kier molecular flexibility index (Phi) is 46.2. The van der Waals surface area contributed by atoms with Crippen LogP contribution in [0.25, 0.3) is 0 Å². The first-order valence-corrected chi connectivity index (χ1v) is 58.8. The Morgan fingerprint density at radius 2 is 0.544 bits per heavy atom. The largest absolute Gasteiger partial charge is 0.480 e. The molecule has 4 heterocycles. The van der Waals surface area contributed by atoms with Crippen LogP contribution in [0, 0.1) is 59.2 Å². The molecule has 4 aliphatic carbocycles. The van der Waals surface area contributed by atoms with Crippen molar-refractivity contribution in [2.24, 2.45) is 59.2 Å². The van der Waals surface area contributed by atoms with Crippen molar-refractivity contribution in [3.63, 3.8) is 0 Å². The van der Waals surface area contributed by atoms with Gasteiger partial charge in [-0.3, -0.25) is 56.1 Å². The Balaban J connectivity index is 0.000000205. The highest BCUT2D eigenvalue weighted by molar-refractivity contribution is 7.60. The van der Waals surface area contributed by atoms with Crippen LogP contribution in [-0.4, -0.2) is 221 Å². The van der Waals surface area contributed by atoms with E-state index in [2.05, 4.69) is 0 Å². The van der Waals surface area contributed by atoms with Crippen molar-refractivity contribution in [1.29, 1.82) is 0 Å². The smallest absolute Gasteiger partial charge is 0.326 e. The molecule has 12 rings (SSSR count). The van der Waals surface area contributed by atoms with E-state index in [4.69, 9.17) is 18.5 Å². The van der Waals surface area contributed by atoms with Crippen LogP contribution >= 0.6 is 29.5 Å². The van der Waals surface area contributed by atoms with E-state index >= 15 is 0 Å². The number of carboxylic acids is 4. The summed E-state index contributed by atoms with van der Waals surface area (Å²) in [6.45, 7) is 12.2. The predicted molar refractivity (Wildman–Crippen MR) is 526 cm³/mol. The van der Waals surface area contributed by atoms with Gasteiger partial charge in [-0.2, -0.15) is 0 Å². The Morgan fingerprint density at radius 3 is 0.794 bits per heavy atom. The lowest BCUT2D eigenvalue weighted by molar-refractivity contribution is -0.170. The lowest BCUT2D eigenvalue weighted by atomic mass is 9.79. The highest BCUT2D eigenvalue weighted by Crippen LogP contribution is 2.54. The standard InChI is InChI=1S/C30H46NO7P.C29H44NO7P.C23H34NO5P.C22H32NO5P/c1-4-28(33)37-30(22(2)3)38-39(36,18-12-11-15-23-13-7-5-8-14-23)21-27(32)31-20-25(19-26(31)29(34)35)24-16-9-6-10-17-24;1-4-27(32)36-29(21(2)3)37-38(35,17-11-14-22-12-7-5-8-13-22)20-26(31)30-19-24(18-25(30)28(33)34)23-15-9-6-10-16-23;25-22(17-30(28,29)14-8-7-11-18-9-3-1-4-10-18)24-16-20(15-21(24)23(26)27)19-12-5-2-6-13-19;24-21(16-29(27,28)13-7-10-17-8-3-1-4-9-17)23-15-19(14-20(23)22(25)26)18-11-5-2-6-12-18/h5,7-8,13-14,22,24-26,30H,4,6,9-12,15-21H2,1-3H3,(H,34,35);5,7-8,12-13,21,23-25,29H,4,6,9-11,14-20H2,1-3H3,(H,33,34);1,3-4,9-10,19-21H,2,5-8,11-17H2,(H,26,27)(H,28,29);1,3-4,8-9,18-20H,2,5-7,10-16H2,(H,25,26)(H,27,28)/t25-,26+,30-,39?;24-,25+,29-,38?;20-,21+;19-,20+/m1111/s1. The van der Waals surface area contributed by atoms with Gasteiger partial charge in [0.25, 0.3) is 0 Å². The summed E-state index contributed by atoms with van der Waals surface area (Å²) in [6, 6.07) is 36.0. The summed E-state index contributed by atoms with van der Waals surface area (Å²) < 4.78 is 76.5. The summed E-state index contributed by atoms with van der Waals surface area (Å²) >= 11 is 0. The molecule has 4 aromatic rings. The fourth-order valence-corrected chi connectivity index (χ4v) is 28.8. The minimum absolute atomic E-state index is 0.0747. The van der Waals surface area contributed by atoms with Crippen molar-refractivity contribution < 1.29 is 115 Å². The number of aryl methyl sites for hydroxylation is 4. The van der Waals surface area contributed by atoms with Gasteiger partial charge in [0.05, 0.1) is 0 Å². The fourth-order valence-electron chi connectivity index (χ4n) is 21.4. The highest BCUT2D eigenvalue weighted by atomic mass is 31.2. The summed E-state index contributed by atoms with van der Waals surface area (Å²) in [7, 11) is -14.5. The zero-order valence-electron chi connectivity index (χ0n) is 81.3. The number of ether oxygens (including phenoxy) is 2. The van der Waals surface area contributed by atoms with Gasteiger partial charge in [0, 0.05) is 75.5 Å². The van der Waals surface area contributed by atoms with Crippen molar-refractivity contribution in [1.82, 2.24) is 19.6 Å². The molecule has 4 amide bonds. The second-order valence-corrected chi connectivity index (χ2v) is 50.3. The Labute approximate surface area is 806 Å². The molecule has 0 spiro atoms. The lowest BCUT2D eigenvalue weighted by Gasteiger charge is -2.30. The van der Waals surface area contributed by atoms with Gasteiger partial charge in [0.1, 0.15) is 48.8 Å². The number of carbonyl (C=O) groups excluding carboxylic acids is 6. The van der Waals surface area contributed by atoms with Crippen LogP contribution in [0.5, 0.6) is 0 Å². The fraction of sp³-hybridized carbons (Fsp3) is 0.673. The van der Waals surface area contributed by atoms with Crippen molar-refractivity contribution >= 4 is 88.9 Å². The molecule has 0 radical (unpaired) electrons. The number of hydrogen-bond acceptors (Lipinski definition) is 18. The first-order chi connectivity index (χ1) is 64.9. The van der Waals surface area contributed by atoms with Crippen molar-refractivity contribution in [2.75, 3.05) is 75.5 Å². The molecule has 28 nitrogen and oxygen atoms in total. The molecule has 4 saturated carbocycles. The molecule has 136 heavy (non-hydrogen) atoms. The average molecular weight is 1970 g/mol. The monoisotopic (exact) mass is 1970 g/mol. The SMILES string of the molecule is CCC(=O)O[C@H](OP(=O)(CCCCc1ccccc1)CC(=O)N1C[C@H](C2CCCCC2)C[C@H]1C(=O)O)C(C)C.CCC(=O)O[C@H](OP(=O)(CCCc1ccccc1)CC(=O)N1C[C@H](C2CCCCC2)C[C@H]1C(=O)O)C(C)C.O=C(O)[C@@H]1C[C@@H](C2CCCCC2)CN1C(=O)CP(=O)(O)CCCCc1ccccc1.O=C(O)[C@@H]1C[C@@H](C2CCCCC2)CN1C(=O)CP(=O)(O)CCCc1ccccc1. The van der Waals surface area contributed by atoms with Crippen LogP contribution in [0.2, 0.25) is 0 Å². The van der Waals surface area contributed by atoms with Crippen LogP contribution < -0.4 is 0 Å². The summed E-state index contributed by atoms with van der Waals surface area (Å²) in [5, 5.41) is 39.0. The van der Waals surface area contributed by atoms with Crippen LogP contribution in [0.3, 0.4) is 0 Å². The van der Waals surface area contributed by atoms with E-state index in [1.54, 1.807) is 27.7 Å². The van der Waals surface area contributed by atoms with E-state index in [1.165, 1.54) is 82.1 Å². The van der Waals surface area contributed by atoms with Gasteiger partial charge in [-0.15, -0.1) is 0 Å². The van der Waals surface area contributed by atoms with Crippen LogP contribution in [-0.2, 0) is 110 Å². The number of unbranched alkanes of at least 4 members (excludes halogenated alkanes) is 2. The molecule has 756 valence electrons. The third kappa shape index (κ3) is 36.8. The first-order valence-electron chi connectivity index (χ1n) is 50.7. The molecule has 8 fully saturated rings. The number of carboxylic acid groups (broad SMARTS) is 4. The van der Waals surface area contributed by atoms with E-state index in [9.17, 15) is 96.4 Å². The topological polar surface area (TPSA) is 410 Å². The number of carbonyl (C=O) groups is 10. The summed E-state index contributed by atoms with van der Waals surface area (Å²) in [5.74, 6) is -4.89. The predicted octanol–water partition coefficient (Wildman–Crippen LogP) is 19.8. The van der Waals surface area contributed by atoms with E-state index in [1.807, 2.05) is 135 Å². The number of benzene rings is 4. The number of likely N-dealkylation sites (tertiary alicyclic amines) is 4. The highest BCUT2D eigenvalue weighted by Gasteiger charge is 2.50. The second-order valence-electron chi connectivity index (χ2n) is 40.2. The van der Waals surface area contributed by atoms with Crippen molar-refractivity contribution in [2.45, 2.75) is 309 Å². The molecule has 4 aromatic carbocycles. The molecule has 4 unspecified atom stereocenters. The maximum absolute atomic E-state index is 14.2. The van der Waals surface area contributed by atoms with E-state index in [-0.39, 0.29) is 79.2 Å². The second kappa shape index (κ2) is 56.1. The summed E-state index contributed by atoms with van der Waals surface area (Å²) in [5.41, 5.74) is 4.55. The van der Waals surface area contributed by atoms with Gasteiger partial charge < -0.3 is 59.3 Å². The normalized spacial score (nSPS) is 23.5. The Hall–Kier alpha value is -7.66. The van der Waals surface area contributed by atoms with Crippen molar-refractivity contribution in [3.8, 4) is 0 Å². The molecule has 4 aliphatic heterocycles. The minimum Gasteiger partial charge on any atom is -0.480 e. The quantitative estimate of drug-likeness (QED) is 0.0104. The van der Waals surface area contributed by atoms with Crippen LogP contribution in [0.1, 0.15) is 269 Å². The molecule has 32 heteroatoms. The van der Waals surface area contributed by atoms with Gasteiger partial charge in [-0.1, -0.05) is 291 Å². The lowest BCUT2D eigenvalue weighted by Crippen LogP contribution is -2.42. The number of amides is 4. The van der Waals surface area contributed by atoms with Gasteiger partial charge in [-0.25, -0.2) is 19.2 Å². The number of nitrogens with zero attached hydrogens (tertiary/aromatic N) is 4. The van der Waals surface area contributed by atoms with Crippen LogP contribution in [0.4, 0.5) is 0 Å². The molecular weight excluding hydrogens is 1810 g/mol. The van der Waals surface area contributed by atoms with Gasteiger partial charge in [-0.05, 0) is 159 Å². The molecule has 14 atom stereocenters. The van der Waals surface area contributed by atoms with E-state index in [0.717, 1.165) is 114 Å². The molecule has 8 aliphatic rings. The van der Waals surface area contributed by atoms with E-state index in [0.29, 0.717) is 114 Å². The molecular formula is C104H156N4O24P4. The van der Waals surface area contributed by atoms with E-state index < -0.39 is 144 Å². The zero-order chi connectivity index (χ0) is 98.5. The van der Waals surface area contributed by atoms with Crippen molar-refractivity contribution in [3.05, 3.63) is 144 Å². The Morgan fingerprint density at radius 1 is 0.316 bits per heavy atom. The molecule has 4 saturated heterocycles. The van der Waals surface area contributed by atoms with Crippen LogP contribution in [0.15, 0.2) is 121 Å². The first kappa shape index (κ1) is 112. The summed E-state index contributed by atoms with van der Waals surface area (Å²) in [6.07, 6.45) is 28.4. The third-order valence-electron chi connectivity index (χ3n) is 29.0. The maximum atomic E-state index is 14.2. The number of hydrogen-bond donors (Lipinski definition) is 6. The zero-order valence-corrected chi connectivity index (χ0v) is 84.9. The average Bonchev–Trinajstić information content (AvgIpc) is 1.70. The number of esters is 2. The van der Waals surface area contributed by atoms with Gasteiger partial charge >= 0.3 is 35.8 Å². The molecule has 0 bridgehead atoms. The minimum atomic E-state index is -3.63. The Bertz CT molecular complexity index is 4620. The number of aliphatic carboxylic acids is 4. The molecule has 0 aromatic heterocycles.